The van der Waals surface area contributed by atoms with E-state index in [0.717, 1.165) is 16.2 Å². The lowest BCUT2D eigenvalue weighted by molar-refractivity contribution is -0.150. The molecule has 218 valence electrons. The number of thioether (sulfide) groups is 1. The average molecular weight is 605 g/mol. The first-order valence-corrected chi connectivity index (χ1v) is 14.6. The first-order valence-electron chi connectivity index (χ1n) is 12.6. The number of fused-ring (bicyclic) bond motifs is 1. The average Bonchev–Trinajstić information content (AvgIpc) is 3.67. The highest BCUT2D eigenvalue weighted by atomic mass is 32.2. The summed E-state index contributed by atoms with van der Waals surface area (Å²) in [6, 6.07) is -1.58. The lowest BCUT2D eigenvalue weighted by atomic mass is 10.0. The predicted molar refractivity (Wildman–Crippen MR) is 148 cm³/mol. The topological polar surface area (TPSA) is 211 Å². The summed E-state index contributed by atoms with van der Waals surface area (Å²) in [7, 11) is 3.36. The van der Waals surface area contributed by atoms with Crippen LogP contribution in [-0.4, -0.2) is 122 Å². The van der Waals surface area contributed by atoms with E-state index in [1.54, 1.807) is 25.1 Å². The number of carboxylic acid groups (broad SMARTS) is 1. The molecule has 0 unspecified atom stereocenters. The lowest BCUT2D eigenvalue weighted by Gasteiger charge is -2.49. The number of nitrogens with zero attached hydrogens (tertiary/aromatic N) is 5. The monoisotopic (exact) mass is 604 g/mol. The number of nitrogens with one attached hydrogen (secondary N) is 2. The Morgan fingerprint density at radius 1 is 1.32 bits per heavy atom. The summed E-state index contributed by atoms with van der Waals surface area (Å²) in [5.74, 6) is -2.93. The maximum absolute atomic E-state index is 13.2. The number of oxime groups is 1. The number of thiazole rings is 1. The molecule has 0 spiro atoms. The Morgan fingerprint density at radius 3 is 2.71 bits per heavy atom. The van der Waals surface area contributed by atoms with E-state index in [2.05, 4.69) is 20.8 Å². The number of anilines is 1. The molecular formula is C24H28N8O7S2. The Balaban J connectivity index is 1.29. The first-order chi connectivity index (χ1) is 19.5. The molecule has 0 aliphatic carbocycles. The van der Waals surface area contributed by atoms with Crippen molar-refractivity contribution in [3.05, 3.63) is 34.0 Å². The van der Waals surface area contributed by atoms with Crippen LogP contribution in [0.15, 0.2) is 33.5 Å². The number of carbonyl (C=O) groups excluding carboxylic acids is 4. The Kier molecular flexibility index (Phi) is 7.76. The number of aromatic nitrogens is 1. The summed E-state index contributed by atoms with van der Waals surface area (Å²) >= 11 is 2.29. The molecule has 3 fully saturated rings. The largest absolute Gasteiger partial charge is 0.477 e. The van der Waals surface area contributed by atoms with Crippen molar-refractivity contribution in [1.29, 1.82) is 0 Å². The summed E-state index contributed by atoms with van der Waals surface area (Å²) < 4.78 is 0. The Labute approximate surface area is 242 Å². The normalized spacial score (nSPS) is 27.3. The van der Waals surface area contributed by atoms with Gasteiger partial charge in [0.2, 0.25) is 11.8 Å². The molecule has 5 heterocycles. The maximum atomic E-state index is 13.2. The van der Waals surface area contributed by atoms with Gasteiger partial charge in [0.05, 0.1) is 6.04 Å². The molecule has 0 saturated carbocycles. The standard InChI is InChI=1S/C24H28N8O7S2/c1-30(2)20(35)13-6-12(7-26-13)31-4-3-10(19(31)34)5-11-8-40-22-16(21(36)32(22)17(11)23(37)38)28-18(33)15(29-39)14-9-41-24(25)27-14/h5,9,12-13,16,22,26,39H,3-4,6-8H2,1-2H3,(H2,25,27)(H,28,33)(H,37,38)/b10-5+,29-15-/t12-,13+,16+,22+/m0/s1. The minimum atomic E-state index is -1.33. The van der Waals surface area contributed by atoms with E-state index >= 15 is 0 Å². The minimum absolute atomic E-state index is 0.0379. The summed E-state index contributed by atoms with van der Waals surface area (Å²) in [5, 5.41) is 28.8. The van der Waals surface area contributed by atoms with Gasteiger partial charge in [0.25, 0.3) is 11.8 Å². The number of carboxylic acids is 1. The van der Waals surface area contributed by atoms with E-state index in [1.807, 2.05) is 0 Å². The molecule has 3 saturated heterocycles. The number of likely N-dealkylation sites (tertiary alicyclic amines) is 1. The highest BCUT2D eigenvalue weighted by Crippen LogP contribution is 2.41. The molecule has 5 rings (SSSR count). The Bertz CT molecular complexity index is 1420. The quantitative estimate of drug-likeness (QED) is 0.0805. The van der Waals surface area contributed by atoms with E-state index in [0.29, 0.717) is 37.1 Å². The van der Waals surface area contributed by atoms with Crippen LogP contribution in [0.25, 0.3) is 0 Å². The molecule has 4 aliphatic heterocycles. The van der Waals surface area contributed by atoms with Crippen LogP contribution in [0, 0.1) is 0 Å². The number of aliphatic carboxylic acids is 1. The number of likely N-dealkylation sites (N-methyl/N-ethyl adjacent to an activating group) is 1. The fourth-order valence-electron chi connectivity index (χ4n) is 5.35. The van der Waals surface area contributed by atoms with Crippen LogP contribution in [-0.2, 0) is 24.0 Å². The number of nitrogens with two attached hydrogens (primary N) is 1. The molecule has 17 heteroatoms. The summed E-state index contributed by atoms with van der Waals surface area (Å²) in [6.07, 6.45) is 2.44. The van der Waals surface area contributed by atoms with Gasteiger partial charge in [0, 0.05) is 49.9 Å². The molecule has 4 atom stereocenters. The second-order valence-electron chi connectivity index (χ2n) is 10.1. The van der Waals surface area contributed by atoms with E-state index < -0.39 is 34.9 Å². The zero-order valence-electron chi connectivity index (χ0n) is 22.1. The number of allylic oxidation sites excluding steroid dienone is 1. The van der Waals surface area contributed by atoms with Crippen LogP contribution in [0.1, 0.15) is 18.5 Å². The number of rotatable bonds is 7. The molecule has 4 amide bonds. The van der Waals surface area contributed by atoms with Crippen molar-refractivity contribution in [3.63, 3.8) is 0 Å². The summed E-state index contributed by atoms with van der Waals surface area (Å²) in [4.78, 5) is 71.8. The van der Waals surface area contributed by atoms with Gasteiger partial charge < -0.3 is 36.5 Å². The molecule has 0 radical (unpaired) electrons. The third-order valence-electron chi connectivity index (χ3n) is 7.36. The van der Waals surface area contributed by atoms with Crippen molar-refractivity contribution >= 4 is 63.5 Å². The lowest BCUT2D eigenvalue weighted by Crippen LogP contribution is -2.71. The van der Waals surface area contributed by atoms with Crippen LogP contribution in [0.3, 0.4) is 0 Å². The third kappa shape index (κ3) is 5.15. The second-order valence-corrected chi connectivity index (χ2v) is 12.1. The number of β-lactam (4-membered cyclic amide) rings is 1. The number of amides is 4. The molecule has 41 heavy (non-hydrogen) atoms. The van der Waals surface area contributed by atoms with Crippen LogP contribution < -0.4 is 16.4 Å². The molecule has 1 aromatic rings. The number of nitrogen functional groups attached to an aromatic ring is 1. The van der Waals surface area contributed by atoms with Gasteiger partial charge in [-0.1, -0.05) is 5.16 Å². The second kappa shape index (κ2) is 11.1. The van der Waals surface area contributed by atoms with E-state index in [4.69, 9.17) is 5.73 Å². The molecule has 1 aromatic heterocycles. The van der Waals surface area contributed by atoms with Crippen LogP contribution in [0.2, 0.25) is 0 Å². The maximum Gasteiger partial charge on any atom is 0.352 e. The van der Waals surface area contributed by atoms with Gasteiger partial charge in [-0.05, 0) is 24.5 Å². The number of hydrogen-bond acceptors (Lipinski definition) is 12. The van der Waals surface area contributed by atoms with Crippen LogP contribution >= 0.6 is 23.1 Å². The minimum Gasteiger partial charge on any atom is -0.477 e. The van der Waals surface area contributed by atoms with Gasteiger partial charge >= 0.3 is 5.97 Å². The first kappa shape index (κ1) is 28.6. The van der Waals surface area contributed by atoms with Gasteiger partial charge in [-0.3, -0.25) is 24.1 Å². The van der Waals surface area contributed by atoms with Crippen molar-refractivity contribution in [3.8, 4) is 0 Å². The van der Waals surface area contributed by atoms with Crippen molar-refractivity contribution in [2.24, 2.45) is 5.16 Å². The van der Waals surface area contributed by atoms with Gasteiger partial charge in [0.15, 0.2) is 10.8 Å². The van der Waals surface area contributed by atoms with E-state index in [-0.39, 0.29) is 46.2 Å². The van der Waals surface area contributed by atoms with Crippen molar-refractivity contribution in [2.45, 2.75) is 36.3 Å². The van der Waals surface area contributed by atoms with Crippen molar-refractivity contribution < 1.29 is 34.3 Å². The van der Waals surface area contributed by atoms with Gasteiger partial charge in [-0.25, -0.2) is 9.78 Å². The molecule has 4 aliphatic rings. The van der Waals surface area contributed by atoms with Crippen molar-refractivity contribution in [1.82, 2.24) is 30.3 Å². The molecule has 0 aromatic carbocycles. The fraction of sp³-hybridized carbons (Fsp3) is 0.458. The predicted octanol–water partition coefficient (Wildman–Crippen LogP) is -1.38. The van der Waals surface area contributed by atoms with Gasteiger partial charge in [-0.2, -0.15) is 0 Å². The van der Waals surface area contributed by atoms with E-state index in [9.17, 15) is 34.3 Å². The van der Waals surface area contributed by atoms with E-state index in [1.165, 1.54) is 22.0 Å². The van der Waals surface area contributed by atoms with Crippen LogP contribution in [0.5, 0.6) is 0 Å². The van der Waals surface area contributed by atoms with Crippen LogP contribution in [0.4, 0.5) is 5.13 Å². The number of hydrogen-bond donors (Lipinski definition) is 5. The molecule has 0 bridgehead atoms. The SMILES string of the molecule is CN(C)C(=O)[C@H]1C[C@H](N2CC/C(=C\C3=C(C(=O)O)N4C(=O)[C@@H](NC(=O)/C(=N\O)c5csc(N)n5)[C@H]4SC3)C2=O)CN1. The number of carbonyl (C=O) groups is 5. The fourth-order valence-corrected chi connectivity index (χ4v) is 7.21. The molecular weight excluding hydrogens is 576 g/mol. The highest BCUT2D eigenvalue weighted by Gasteiger charge is 2.54. The summed E-state index contributed by atoms with van der Waals surface area (Å²) in [5.41, 5.74) is 5.70. The third-order valence-corrected chi connectivity index (χ3v) is 9.34. The smallest absolute Gasteiger partial charge is 0.352 e. The highest BCUT2D eigenvalue weighted by molar-refractivity contribution is 8.00. The molecule has 6 N–H and O–H groups in total. The van der Waals surface area contributed by atoms with Gasteiger partial charge in [0.1, 0.15) is 22.8 Å². The Morgan fingerprint density at radius 2 is 2.07 bits per heavy atom. The van der Waals surface area contributed by atoms with Gasteiger partial charge in [-0.15, -0.1) is 23.1 Å². The zero-order valence-corrected chi connectivity index (χ0v) is 23.7. The molecule has 15 nitrogen and oxygen atoms in total. The summed E-state index contributed by atoms with van der Waals surface area (Å²) in [6.45, 7) is 0.930. The zero-order chi connectivity index (χ0) is 29.6. The Hall–Kier alpha value is -3.96. The van der Waals surface area contributed by atoms with Crippen molar-refractivity contribution in [2.75, 3.05) is 38.7 Å².